The van der Waals surface area contributed by atoms with Crippen LogP contribution in [0.1, 0.15) is 114 Å². The maximum Gasteiger partial charge on any atom is 0.318 e. The molecule has 230 valence electrons. The first-order valence-corrected chi connectivity index (χ1v) is 16.8. The Kier molecular flexibility index (Phi) is 10.3. The number of carbonyl (C=O) groups is 2. The van der Waals surface area contributed by atoms with E-state index in [0.717, 1.165) is 55.7 Å². The first kappa shape index (κ1) is 30.6. The SMILES string of the molecule is C=CC(C)CC[C@H]1CN(Cc2ccc(CN3C(=O)[C@@](CCC4CCCCC4)(CC4CCCCC4)N=C3N)cc2)C(=O)N1. The Bertz CT molecular complexity index is 1100. The van der Waals surface area contributed by atoms with Crippen LogP contribution in [0.15, 0.2) is 41.9 Å². The van der Waals surface area contributed by atoms with Crippen molar-refractivity contribution < 1.29 is 9.59 Å². The van der Waals surface area contributed by atoms with Crippen LogP contribution >= 0.6 is 0 Å². The normalized spacial score (nSPS) is 26.4. The number of nitrogens with one attached hydrogen (secondary N) is 1. The molecule has 0 aromatic heterocycles. The van der Waals surface area contributed by atoms with Crippen LogP contribution in [0.2, 0.25) is 0 Å². The first-order valence-electron chi connectivity index (χ1n) is 16.8. The average Bonchev–Trinajstić information content (AvgIpc) is 3.47. The predicted octanol–water partition coefficient (Wildman–Crippen LogP) is 6.91. The van der Waals surface area contributed by atoms with Gasteiger partial charge in [-0.2, -0.15) is 0 Å². The zero-order valence-corrected chi connectivity index (χ0v) is 25.9. The Morgan fingerprint density at radius 1 is 0.976 bits per heavy atom. The van der Waals surface area contributed by atoms with Crippen molar-refractivity contribution in [2.75, 3.05) is 6.54 Å². The highest BCUT2D eigenvalue weighted by Gasteiger charge is 2.48. The van der Waals surface area contributed by atoms with Gasteiger partial charge >= 0.3 is 6.03 Å². The van der Waals surface area contributed by atoms with Crippen LogP contribution in [0.3, 0.4) is 0 Å². The van der Waals surface area contributed by atoms with E-state index in [1.165, 1.54) is 64.2 Å². The van der Waals surface area contributed by atoms with E-state index < -0.39 is 5.54 Å². The number of nitrogens with two attached hydrogens (primary N) is 1. The van der Waals surface area contributed by atoms with Crippen LogP contribution < -0.4 is 11.1 Å². The number of benzene rings is 1. The van der Waals surface area contributed by atoms with Crippen molar-refractivity contribution in [3.8, 4) is 0 Å². The van der Waals surface area contributed by atoms with Gasteiger partial charge in [0.15, 0.2) is 5.96 Å². The Hall–Kier alpha value is -2.83. The van der Waals surface area contributed by atoms with Gasteiger partial charge in [-0.3, -0.25) is 9.69 Å². The summed E-state index contributed by atoms with van der Waals surface area (Å²) in [6, 6.07) is 8.47. The topological polar surface area (TPSA) is 91.0 Å². The number of nitrogens with zero attached hydrogens (tertiary/aromatic N) is 3. The molecule has 2 aliphatic carbocycles. The molecule has 2 heterocycles. The van der Waals surface area contributed by atoms with Crippen molar-refractivity contribution in [2.24, 2.45) is 28.5 Å². The monoisotopic (exact) mass is 575 g/mol. The Morgan fingerprint density at radius 3 is 2.24 bits per heavy atom. The van der Waals surface area contributed by atoms with E-state index in [-0.39, 0.29) is 18.0 Å². The van der Waals surface area contributed by atoms with Crippen LogP contribution in [-0.2, 0) is 17.9 Å². The maximum absolute atomic E-state index is 14.1. The number of hydrogen-bond acceptors (Lipinski definition) is 4. The van der Waals surface area contributed by atoms with Gasteiger partial charge in [0, 0.05) is 19.1 Å². The number of allylic oxidation sites excluding steroid dienone is 1. The molecule has 7 heteroatoms. The molecule has 7 nitrogen and oxygen atoms in total. The molecule has 1 aromatic carbocycles. The van der Waals surface area contributed by atoms with E-state index in [4.69, 9.17) is 10.7 Å². The molecule has 42 heavy (non-hydrogen) atoms. The number of rotatable bonds is 13. The molecule has 3 atom stereocenters. The minimum Gasteiger partial charge on any atom is -0.369 e. The lowest BCUT2D eigenvalue weighted by Gasteiger charge is -2.33. The van der Waals surface area contributed by atoms with E-state index in [1.54, 1.807) is 4.90 Å². The fourth-order valence-electron chi connectivity index (χ4n) is 7.72. The zero-order chi connectivity index (χ0) is 29.5. The molecule has 3 amide bonds. The van der Waals surface area contributed by atoms with Crippen molar-refractivity contribution in [1.29, 1.82) is 0 Å². The number of amides is 3. The first-order chi connectivity index (χ1) is 20.3. The molecule has 2 saturated carbocycles. The summed E-state index contributed by atoms with van der Waals surface area (Å²) in [5.74, 6) is 2.23. The largest absolute Gasteiger partial charge is 0.369 e. The summed E-state index contributed by atoms with van der Waals surface area (Å²) in [6.45, 7) is 7.77. The third kappa shape index (κ3) is 7.57. The lowest BCUT2D eigenvalue weighted by Crippen LogP contribution is -2.45. The second-order valence-electron chi connectivity index (χ2n) is 13.8. The van der Waals surface area contributed by atoms with Crippen LogP contribution in [0.25, 0.3) is 0 Å². The highest BCUT2D eigenvalue weighted by atomic mass is 16.2. The predicted molar refractivity (Wildman–Crippen MR) is 170 cm³/mol. The molecule has 2 aliphatic heterocycles. The summed E-state index contributed by atoms with van der Waals surface area (Å²) in [7, 11) is 0. The Labute approximate surface area is 253 Å². The smallest absolute Gasteiger partial charge is 0.318 e. The van der Waals surface area contributed by atoms with Gasteiger partial charge in [0.1, 0.15) is 5.54 Å². The van der Waals surface area contributed by atoms with Gasteiger partial charge in [-0.15, -0.1) is 6.58 Å². The third-order valence-electron chi connectivity index (χ3n) is 10.5. The van der Waals surface area contributed by atoms with Crippen molar-refractivity contribution in [3.05, 3.63) is 48.0 Å². The lowest BCUT2D eigenvalue weighted by atomic mass is 9.75. The molecule has 1 saturated heterocycles. The highest BCUT2D eigenvalue weighted by Crippen LogP contribution is 2.41. The fourth-order valence-corrected chi connectivity index (χ4v) is 7.72. The highest BCUT2D eigenvalue weighted by molar-refractivity contribution is 6.06. The van der Waals surface area contributed by atoms with E-state index in [2.05, 4.69) is 43.1 Å². The Morgan fingerprint density at radius 2 is 1.60 bits per heavy atom. The molecule has 5 rings (SSSR count). The van der Waals surface area contributed by atoms with E-state index in [9.17, 15) is 9.59 Å². The quantitative estimate of drug-likeness (QED) is 0.250. The summed E-state index contributed by atoms with van der Waals surface area (Å²) >= 11 is 0. The van der Waals surface area contributed by atoms with Gasteiger partial charge in [-0.1, -0.05) is 101 Å². The summed E-state index contributed by atoms with van der Waals surface area (Å²) in [5.41, 5.74) is 7.96. The van der Waals surface area contributed by atoms with Gasteiger partial charge in [-0.05, 0) is 61.0 Å². The van der Waals surface area contributed by atoms with Crippen LogP contribution in [0, 0.1) is 17.8 Å². The van der Waals surface area contributed by atoms with Gasteiger partial charge in [-0.25, -0.2) is 9.79 Å². The summed E-state index contributed by atoms with van der Waals surface area (Å²) < 4.78 is 0. The molecule has 0 radical (unpaired) electrons. The van der Waals surface area contributed by atoms with Gasteiger partial charge in [0.25, 0.3) is 5.91 Å². The summed E-state index contributed by atoms with van der Waals surface area (Å²) in [6.07, 6.45) is 19.5. The number of carbonyl (C=O) groups excluding carboxylic acids is 2. The molecule has 1 unspecified atom stereocenters. The average molecular weight is 576 g/mol. The van der Waals surface area contributed by atoms with Crippen molar-refractivity contribution in [2.45, 2.75) is 128 Å². The van der Waals surface area contributed by atoms with E-state index in [1.807, 2.05) is 11.0 Å². The fraction of sp³-hybridized carbons (Fsp3) is 0.686. The molecule has 4 aliphatic rings. The molecule has 0 spiro atoms. The summed E-state index contributed by atoms with van der Waals surface area (Å²) in [5, 5.41) is 3.12. The third-order valence-corrected chi connectivity index (χ3v) is 10.5. The van der Waals surface area contributed by atoms with Crippen LogP contribution in [0.5, 0.6) is 0 Å². The molecular weight excluding hydrogens is 522 g/mol. The maximum atomic E-state index is 14.1. The molecular formula is C35H53N5O2. The lowest BCUT2D eigenvalue weighted by molar-refractivity contribution is -0.132. The van der Waals surface area contributed by atoms with Crippen LogP contribution in [-0.4, -0.2) is 45.8 Å². The van der Waals surface area contributed by atoms with E-state index in [0.29, 0.717) is 30.9 Å². The standard InChI is InChI=1S/C35H53N5O2/c1-3-26(2)14-19-31-25-39(34(42)37-31)23-29-15-17-30(18-16-29)24-40-32(41)35(38-33(40)36,22-28-12-8-5-9-13-28)21-20-27-10-6-4-7-11-27/h3,15-18,26-28,31H,1,4-14,19-25H2,2H3,(H2,36,38)(H,37,42)/t26?,31-,35+/m0/s1. The van der Waals surface area contributed by atoms with Gasteiger partial charge < -0.3 is 16.0 Å². The van der Waals surface area contributed by atoms with Crippen LogP contribution in [0.4, 0.5) is 4.79 Å². The van der Waals surface area contributed by atoms with Gasteiger partial charge in [0.2, 0.25) is 0 Å². The minimum absolute atomic E-state index is 0.00418. The van der Waals surface area contributed by atoms with Crippen molar-refractivity contribution in [1.82, 2.24) is 15.1 Å². The number of hydrogen-bond donors (Lipinski definition) is 2. The molecule has 1 aromatic rings. The number of aliphatic imine (C=N–C) groups is 1. The summed E-state index contributed by atoms with van der Waals surface area (Å²) in [4.78, 5) is 35.3. The van der Waals surface area contributed by atoms with Crippen molar-refractivity contribution in [3.63, 3.8) is 0 Å². The second-order valence-corrected chi connectivity index (χ2v) is 13.8. The molecule has 3 N–H and O–H groups in total. The number of guanidine groups is 1. The molecule has 3 fully saturated rings. The zero-order valence-electron chi connectivity index (χ0n) is 25.9. The number of urea groups is 1. The van der Waals surface area contributed by atoms with Gasteiger partial charge in [0.05, 0.1) is 6.54 Å². The van der Waals surface area contributed by atoms with Crippen molar-refractivity contribution >= 4 is 17.9 Å². The minimum atomic E-state index is -0.688. The van der Waals surface area contributed by atoms with E-state index >= 15 is 0 Å². The molecule has 0 bridgehead atoms. The second kappa shape index (κ2) is 14.1. The Balaban J connectivity index is 1.20.